The van der Waals surface area contributed by atoms with E-state index in [9.17, 15) is 0 Å². The summed E-state index contributed by atoms with van der Waals surface area (Å²) in [6, 6.07) is 0. The zero-order valence-electron chi connectivity index (χ0n) is 6.70. The maximum absolute atomic E-state index is 5.46. The van der Waals surface area contributed by atoms with Gasteiger partial charge in [-0.05, 0) is 13.8 Å². The third-order valence-corrected chi connectivity index (χ3v) is 2.35. The molecule has 1 aromatic rings. The highest BCUT2D eigenvalue weighted by Gasteiger charge is 2.07. The maximum Gasteiger partial charge on any atom is 0.180 e. The number of nitrogens with two attached hydrogens (primary N) is 1. The number of rotatable bonds is 3. The Bertz CT molecular complexity index is 224. The molecule has 11 heavy (non-hydrogen) atoms. The van der Waals surface area contributed by atoms with Gasteiger partial charge in [-0.1, -0.05) is 11.3 Å². The van der Waals surface area contributed by atoms with Gasteiger partial charge in [-0.3, -0.25) is 0 Å². The Morgan fingerprint density at radius 3 is 3.00 bits per heavy atom. The fourth-order valence-electron chi connectivity index (χ4n) is 0.821. The van der Waals surface area contributed by atoms with Crippen LogP contribution < -0.4 is 5.73 Å². The van der Waals surface area contributed by atoms with Crippen molar-refractivity contribution in [1.29, 1.82) is 0 Å². The van der Waals surface area contributed by atoms with E-state index in [1.807, 2.05) is 13.8 Å². The highest BCUT2D eigenvalue weighted by atomic mass is 32.1. The lowest BCUT2D eigenvalue weighted by Gasteiger charge is -2.06. The van der Waals surface area contributed by atoms with Crippen LogP contribution in [-0.2, 0) is 4.74 Å². The third-order valence-electron chi connectivity index (χ3n) is 1.36. The Morgan fingerprint density at radius 1 is 1.82 bits per heavy atom. The number of aromatic nitrogens is 1. The zero-order valence-corrected chi connectivity index (χ0v) is 7.52. The van der Waals surface area contributed by atoms with Crippen LogP contribution in [0.5, 0.6) is 0 Å². The largest absolute Gasteiger partial charge is 0.375 e. The van der Waals surface area contributed by atoms with Crippen LogP contribution >= 0.6 is 11.3 Å². The second-order valence-corrected chi connectivity index (χ2v) is 3.29. The smallest absolute Gasteiger partial charge is 0.180 e. The van der Waals surface area contributed by atoms with Crippen molar-refractivity contribution in [3.63, 3.8) is 0 Å². The summed E-state index contributed by atoms with van der Waals surface area (Å²) in [5.74, 6) is 0. The molecule has 0 aliphatic rings. The lowest BCUT2D eigenvalue weighted by molar-refractivity contribution is 0.0788. The topological polar surface area (TPSA) is 48.1 Å². The van der Waals surface area contributed by atoms with Gasteiger partial charge in [0.05, 0.1) is 11.0 Å². The van der Waals surface area contributed by atoms with E-state index in [2.05, 4.69) is 4.98 Å². The van der Waals surface area contributed by atoms with Gasteiger partial charge < -0.3 is 10.5 Å². The van der Waals surface area contributed by atoms with Crippen molar-refractivity contribution in [1.82, 2.24) is 4.98 Å². The van der Waals surface area contributed by atoms with Gasteiger partial charge in [0.2, 0.25) is 0 Å². The summed E-state index contributed by atoms with van der Waals surface area (Å²) in [6.45, 7) is 4.69. The molecule has 1 unspecified atom stereocenters. The molecule has 0 aliphatic heterocycles. The molecule has 1 heterocycles. The molecule has 0 spiro atoms. The molecular formula is C7H12N2OS. The van der Waals surface area contributed by atoms with Gasteiger partial charge >= 0.3 is 0 Å². The second-order valence-electron chi connectivity index (χ2n) is 2.20. The molecule has 4 heteroatoms. The summed E-state index contributed by atoms with van der Waals surface area (Å²) >= 11 is 1.48. The lowest BCUT2D eigenvalue weighted by atomic mass is 10.3. The standard InChI is InChI=1S/C7H12N2OS/c1-3-10-5(2)6-4-9-7(8)11-6/h4-5H,3H2,1-2H3,(H2,8,9). The minimum Gasteiger partial charge on any atom is -0.375 e. The summed E-state index contributed by atoms with van der Waals surface area (Å²) < 4.78 is 5.36. The minimum absolute atomic E-state index is 0.120. The van der Waals surface area contributed by atoms with Crippen LogP contribution in [0.25, 0.3) is 0 Å². The number of hydrogen-bond donors (Lipinski definition) is 1. The molecule has 0 bridgehead atoms. The predicted molar refractivity (Wildman–Crippen MR) is 46.6 cm³/mol. The first-order chi connectivity index (χ1) is 5.24. The van der Waals surface area contributed by atoms with Gasteiger partial charge in [-0.2, -0.15) is 0 Å². The number of hydrogen-bond acceptors (Lipinski definition) is 4. The Balaban J connectivity index is 2.60. The zero-order chi connectivity index (χ0) is 8.27. The van der Waals surface area contributed by atoms with Crippen molar-refractivity contribution >= 4 is 16.5 Å². The molecule has 3 nitrogen and oxygen atoms in total. The van der Waals surface area contributed by atoms with Gasteiger partial charge in [0, 0.05) is 12.8 Å². The molecule has 0 amide bonds. The average Bonchev–Trinajstić information content (AvgIpc) is 2.36. The van der Waals surface area contributed by atoms with Crippen LogP contribution in [-0.4, -0.2) is 11.6 Å². The van der Waals surface area contributed by atoms with Crippen molar-refractivity contribution in [2.45, 2.75) is 20.0 Å². The van der Waals surface area contributed by atoms with E-state index < -0.39 is 0 Å². The van der Waals surface area contributed by atoms with E-state index in [4.69, 9.17) is 10.5 Å². The summed E-state index contributed by atoms with van der Waals surface area (Å²) in [5, 5.41) is 0.603. The van der Waals surface area contributed by atoms with Gasteiger partial charge in [-0.25, -0.2) is 4.98 Å². The quantitative estimate of drug-likeness (QED) is 0.756. The monoisotopic (exact) mass is 172 g/mol. The molecule has 1 aromatic heterocycles. The van der Waals surface area contributed by atoms with Gasteiger partial charge in [-0.15, -0.1) is 0 Å². The van der Waals surface area contributed by atoms with Crippen molar-refractivity contribution in [3.05, 3.63) is 11.1 Å². The van der Waals surface area contributed by atoms with Crippen molar-refractivity contribution in [2.24, 2.45) is 0 Å². The van der Waals surface area contributed by atoms with E-state index in [1.54, 1.807) is 6.20 Å². The molecule has 1 rings (SSSR count). The molecular weight excluding hydrogens is 160 g/mol. The van der Waals surface area contributed by atoms with Crippen LogP contribution in [0.4, 0.5) is 5.13 Å². The third kappa shape index (κ3) is 2.17. The fourth-order valence-corrected chi connectivity index (χ4v) is 1.51. The van der Waals surface area contributed by atoms with E-state index in [1.165, 1.54) is 11.3 Å². The molecule has 2 N–H and O–H groups in total. The molecule has 0 aliphatic carbocycles. The molecule has 0 fully saturated rings. The van der Waals surface area contributed by atoms with Gasteiger partial charge in [0.1, 0.15) is 0 Å². The molecule has 0 saturated carbocycles. The number of thiazole rings is 1. The maximum atomic E-state index is 5.46. The summed E-state index contributed by atoms with van der Waals surface area (Å²) in [6.07, 6.45) is 1.88. The predicted octanol–water partition coefficient (Wildman–Crippen LogP) is 1.82. The van der Waals surface area contributed by atoms with Gasteiger partial charge in [0.25, 0.3) is 0 Å². The number of nitrogens with zero attached hydrogens (tertiary/aromatic N) is 1. The Labute approximate surface area is 70.2 Å². The molecule has 62 valence electrons. The summed E-state index contributed by atoms with van der Waals surface area (Å²) in [5.41, 5.74) is 5.46. The van der Waals surface area contributed by atoms with Crippen molar-refractivity contribution in [2.75, 3.05) is 12.3 Å². The highest BCUT2D eigenvalue weighted by Crippen LogP contribution is 2.24. The first-order valence-electron chi connectivity index (χ1n) is 3.56. The lowest BCUT2D eigenvalue weighted by Crippen LogP contribution is -1.96. The Hall–Kier alpha value is -0.610. The van der Waals surface area contributed by atoms with Crippen molar-refractivity contribution < 1.29 is 4.74 Å². The molecule has 0 saturated heterocycles. The first kappa shape index (κ1) is 8.49. The SMILES string of the molecule is CCOC(C)c1cnc(N)s1. The number of anilines is 1. The summed E-state index contributed by atoms with van der Waals surface area (Å²) in [7, 11) is 0. The van der Waals surface area contributed by atoms with E-state index in [-0.39, 0.29) is 6.10 Å². The van der Waals surface area contributed by atoms with E-state index in [0.29, 0.717) is 5.13 Å². The van der Waals surface area contributed by atoms with Crippen LogP contribution in [0.15, 0.2) is 6.20 Å². The van der Waals surface area contributed by atoms with Crippen molar-refractivity contribution in [3.8, 4) is 0 Å². The first-order valence-corrected chi connectivity index (χ1v) is 4.38. The molecule has 0 aromatic carbocycles. The average molecular weight is 172 g/mol. The highest BCUT2D eigenvalue weighted by molar-refractivity contribution is 7.15. The van der Waals surface area contributed by atoms with Crippen LogP contribution in [0, 0.1) is 0 Å². The van der Waals surface area contributed by atoms with Crippen LogP contribution in [0.3, 0.4) is 0 Å². The molecule has 0 radical (unpaired) electrons. The number of ether oxygens (including phenoxy) is 1. The fraction of sp³-hybridized carbons (Fsp3) is 0.571. The van der Waals surface area contributed by atoms with Gasteiger partial charge in [0.15, 0.2) is 5.13 Å². The van der Waals surface area contributed by atoms with E-state index in [0.717, 1.165) is 11.5 Å². The second kappa shape index (κ2) is 3.69. The normalized spacial score (nSPS) is 13.3. The van der Waals surface area contributed by atoms with E-state index >= 15 is 0 Å². The van der Waals surface area contributed by atoms with Crippen LogP contribution in [0.1, 0.15) is 24.8 Å². The summed E-state index contributed by atoms with van der Waals surface area (Å²) in [4.78, 5) is 5.02. The molecule has 1 atom stereocenters. The Morgan fingerprint density at radius 2 is 2.55 bits per heavy atom. The Kier molecular flexibility index (Phi) is 2.84. The number of nitrogen functional groups attached to an aromatic ring is 1. The van der Waals surface area contributed by atoms with Crippen LogP contribution in [0.2, 0.25) is 0 Å². The minimum atomic E-state index is 0.120.